The number of primary amides is 1. The monoisotopic (exact) mass is 348 g/mol. The number of nitrogens with two attached hydrogens (primary N) is 1. The Bertz CT molecular complexity index is 910. The van der Waals surface area contributed by atoms with Crippen molar-refractivity contribution in [3.8, 4) is 17.0 Å². The van der Waals surface area contributed by atoms with Gasteiger partial charge >= 0.3 is 0 Å². The van der Waals surface area contributed by atoms with E-state index in [-0.39, 0.29) is 5.91 Å². The van der Waals surface area contributed by atoms with Crippen LogP contribution in [-0.2, 0) is 13.0 Å². The fourth-order valence-corrected chi connectivity index (χ4v) is 3.54. The number of aryl methyl sites for hydroxylation is 1. The van der Waals surface area contributed by atoms with E-state index in [1.165, 1.54) is 5.56 Å². The molecule has 0 saturated carbocycles. The molecule has 0 radical (unpaired) electrons. The summed E-state index contributed by atoms with van der Waals surface area (Å²) in [4.78, 5) is 12.0. The fourth-order valence-electron chi connectivity index (χ4n) is 3.54. The maximum absolute atomic E-state index is 12.0. The third-order valence-electron chi connectivity index (χ3n) is 4.84. The van der Waals surface area contributed by atoms with E-state index < -0.39 is 0 Å². The lowest BCUT2D eigenvalue weighted by Gasteiger charge is -2.13. The Labute approximate surface area is 154 Å². The van der Waals surface area contributed by atoms with Gasteiger partial charge in [0.1, 0.15) is 5.75 Å². The molecular weight excluding hydrogens is 324 g/mol. The Balaban J connectivity index is 1.99. The molecule has 0 aliphatic rings. The first kappa shape index (κ1) is 17.8. The van der Waals surface area contributed by atoms with Gasteiger partial charge in [-0.1, -0.05) is 42.5 Å². The number of methoxy groups -OCH3 is 1. The number of hydrogen-bond acceptors (Lipinski definition) is 2. The van der Waals surface area contributed by atoms with Gasteiger partial charge in [0, 0.05) is 12.2 Å². The number of amides is 1. The summed E-state index contributed by atoms with van der Waals surface area (Å²) in [6.45, 7) is 4.71. The number of nitrogens with zero attached hydrogens (tertiary/aromatic N) is 1. The summed E-state index contributed by atoms with van der Waals surface area (Å²) in [5.41, 5.74) is 11.5. The van der Waals surface area contributed by atoms with Crippen LogP contribution in [0.15, 0.2) is 54.6 Å². The molecule has 4 nitrogen and oxygen atoms in total. The smallest absolute Gasteiger partial charge is 0.250 e. The van der Waals surface area contributed by atoms with Crippen molar-refractivity contribution in [1.82, 2.24) is 4.57 Å². The summed E-state index contributed by atoms with van der Waals surface area (Å²) in [5.74, 6) is 0.475. The van der Waals surface area contributed by atoms with Crippen molar-refractivity contribution in [1.29, 1.82) is 0 Å². The second-order valence-corrected chi connectivity index (χ2v) is 6.41. The molecule has 0 fully saturated rings. The SMILES string of the molecule is COc1ccc(CCn2c(C)c(C(N)=O)c(C)c2-c2ccccc2)cc1. The van der Waals surface area contributed by atoms with Crippen molar-refractivity contribution in [2.75, 3.05) is 7.11 Å². The fraction of sp³-hybridized carbons (Fsp3) is 0.227. The largest absolute Gasteiger partial charge is 0.497 e. The summed E-state index contributed by atoms with van der Waals surface area (Å²) in [6, 6.07) is 18.2. The lowest BCUT2D eigenvalue weighted by molar-refractivity contribution is 0.0999. The molecule has 0 spiro atoms. The Morgan fingerprint density at radius 3 is 2.27 bits per heavy atom. The van der Waals surface area contributed by atoms with Gasteiger partial charge in [-0.05, 0) is 49.1 Å². The predicted octanol–water partition coefficient (Wildman–Crippen LogP) is 4.12. The molecule has 1 heterocycles. The van der Waals surface area contributed by atoms with E-state index in [1.807, 2.05) is 44.2 Å². The van der Waals surface area contributed by atoms with Crippen molar-refractivity contribution in [3.63, 3.8) is 0 Å². The molecule has 3 aromatic rings. The molecular formula is C22H24N2O2. The summed E-state index contributed by atoms with van der Waals surface area (Å²) in [5, 5.41) is 0. The normalized spacial score (nSPS) is 10.7. The highest BCUT2D eigenvalue weighted by Crippen LogP contribution is 2.31. The highest BCUT2D eigenvalue weighted by atomic mass is 16.5. The van der Waals surface area contributed by atoms with Crippen molar-refractivity contribution >= 4 is 5.91 Å². The van der Waals surface area contributed by atoms with E-state index in [2.05, 4.69) is 28.8 Å². The second-order valence-electron chi connectivity index (χ2n) is 6.41. The van der Waals surface area contributed by atoms with E-state index in [1.54, 1.807) is 7.11 Å². The molecule has 0 unspecified atom stereocenters. The molecule has 2 aromatic carbocycles. The predicted molar refractivity (Wildman–Crippen MR) is 105 cm³/mol. The molecule has 1 amide bonds. The minimum absolute atomic E-state index is 0.375. The standard InChI is InChI=1S/C22H24N2O2/c1-15-20(22(23)25)16(2)24(21(15)18-7-5-4-6-8-18)14-13-17-9-11-19(26-3)12-10-17/h4-12H,13-14H2,1-3H3,(H2,23,25). The van der Waals surface area contributed by atoms with Crippen molar-refractivity contribution in [2.24, 2.45) is 5.73 Å². The third-order valence-corrected chi connectivity index (χ3v) is 4.84. The Morgan fingerprint density at radius 1 is 1.04 bits per heavy atom. The van der Waals surface area contributed by atoms with Crippen LogP contribution in [-0.4, -0.2) is 17.6 Å². The molecule has 2 N–H and O–H groups in total. The average molecular weight is 348 g/mol. The van der Waals surface area contributed by atoms with E-state index in [0.29, 0.717) is 5.56 Å². The first-order valence-electron chi connectivity index (χ1n) is 8.70. The van der Waals surface area contributed by atoms with Gasteiger partial charge in [-0.2, -0.15) is 0 Å². The first-order chi connectivity index (χ1) is 12.5. The van der Waals surface area contributed by atoms with E-state index in [9.17, 15) is 4.79 Å². The second kappa shape index (κ2) is 7.48. The summed E-state index contributed by atoms with van der Waals surface area (Å²) in [7, 11) is 1.67. The van der Waals surface area contributed by atoms with Crippen molar-refractivity contribution in [2.45, 2.75) is 26.8 Å². The molecule has 0 aliphatic heterocycles. The zero-order chi connectivity index (χ0) is 18.7. The zero-order valence-electron chi connectivity index (χ0n) is 15.5. The van der Waals surface area contributed by atoms with Crippen LogP contribution in [0.2, 0.25) is 0 Å². The summed E-state index contributed by atoms with van der Waals surface area (Å²) < 4.78 is 7.42. The quantitative estimate of drug-likeness (QED) is 0.728. The van der Waals surface area contributed by atoms with Crippen molar-refractivity contribution < 1.29 is 9.53 Å². The third kappa shape index (κ3) is 3.36. The van der Waals surface area contributed by atoms with Crippen LogP contribution in [0.3, 0.4) is 0 Å². The van der Waals surface area contributed by atoms with Crippen LogP contribution in [0.25, 0.3) is 11.3 Å². The van der Waals surface area contributed by atoms with E-state index in [4.69, 9.17) is 10.5 Å². The number of hydrogen-bond donors (Lipinski definition) is 1. The van der Waals surface area contributed by atoms with E-state index in [0.717, 1.165) is 41.2 Å². The van der Waals surface area contributed by atoms with Gasteiger partial charge in [-0.3, -0.25) is 4.79 Å². The Hall–Kier alpha value is -3.01. The number of ether oxygens (including phenoxy) is 1. The highest BCUT2D eigenvalue weighted by Gasteiger charge is 2.21. The van der Waals surface area contributed by atoms with Crippen LogP contribution in [0.5, 0.6) is 5.75 Å². The lowest BCUT2D eigenvalue weighted by atomic mass is 10.0. The van der Waals surface area contributed by atoms with Gasteiger partial charge in [0.25, 0.3) is 5.91 Å². The molecule has 1 aromatic heterocycles. The maximum Gasteiger partial charge on any atom is 0.250 e. The summed E-state index contributed by atoms with van der Waals surface area (Å²) in [6.07, 6.45) is 0.858. The minimum Gasteiger partial charge on any atom is -0.497 e. The molecule has 0 bridgehead atoms. The maximum atomic E-state index is 12.0. The number of carbonyl (C=O) groups is 1. The van der Waals surface area contributed by atoms with Gasteiger partial charge in [0.05, 0.1) is 18.4 Å². The van der Waals surface area contributed by atoms with Gasteiger partial charge in [-0.15, -0.1) is 0 Å². The number of carbonyl (C=O) groups excluding carboxylic acids is 1. The number of rotatable bonds is 6. The molecule has 134 valence electrons. The molecule has 4 heteroatoms. The minimum atomic E-state index is -0.375. The van der Waals surface area contributed by atoms with Gasteiger partial charge in [-0.25, -0.2) is 0 Å². The van der Waals surface area contributed by atoms with Crippen molar-refractivity contribution in [3.05, 3.63) is 77.0 Å². The topological polar surface area (TPSA) is 57.2 Å². The Kier molecular flexibility index (Phi) is 5.12. The summed E-state index contributed by atoms with van der Waals surface area (Å²) >= 11 is 0. The average Bonchev–Trinajstić information content (AvgIpc) is 2.91. The van der Waals surface area contributed by atoms with Crippen LogP contribution in [0.4, 0.5) is 0 Å². The Morgan fingerprint density at radius 2 is 1.69 bits per heavy atom. The van der Waals surface area contributed by atoms with Gasteiger partial charge in [0.2, 0.25) is 0 Å². The molecule has 0 saturated heterocycles. The highest BCUT2D eigenvalue weighted by molar-refractivity contribution is 5.97. The van der Waals surface area contributed by atoms with Gasteiger partial charge < -0.3 is 15.0 Å². The number of benzene rings is 2. The molecule has 0 atom stereocenters. The van der Waals surface area contributed by atoms with E-state index >= 15 is 0 Å². The molecule has 0 aliphatic carbocycles. The molecule has 26 heavy (non-hydrogen) atoms. The van der Waals surface area contributed by atoms with Crippen LogP contribution >= 0.6 is 0 Å². The molecule has 3 rings (SSSR count). The lowest BCUT2D eigenvalue weighted by Crippen LogP contribution is -2.13. The van der Waals surface area contributed by atoms with Gasteiger partial charge in [0.15, 0.2) is 0 Å². The number of aromatic nitrogens is 1. The zero-order valence-corrected chi connectivity index (χ0v) is 15.5. The van der Waals surface area contributed by atoms with Crippen LogP contribution in [0.1, 0.15) is 27.2 Å². The van der Waals surface area contributed by atoms with Crippen LogP contribution in [0, 0.1) is 13.8 Å². The first-order valence-corrected chi connectivity index (χ1v) is 8.70. The van der Waals surface area contributed by atoms with Crippen LogP contribution < -0.4 is 10.5 Å².